The van der Waals surface area contributed by atoms with Gasteiger partial charge in [0, 0.05) is 9.90 Å². The molecule has 5 nitrogen and oxygen atoms in total. The predicted octanol–water partition coefficient (Wildman–Crippen LogP) is 4.76. The molecule has 146 valence electrons. The fourth-order valence-corrected chi connectivity index (χ4v) is 4.98. The molecule has 0 aliphatic carbocycles. The van der Waals surface area contributed by atoms with E-state index in [4.69, 9.17) is 16.4 Å². The Morgan fingerprint density at radius 1 is 0.966 bits per heavy atom. The molecule has 5 rings (SSSR count). The maximum Gasteiger partial charge on any atom is 0.266 e. The number of benzene rings is 2. The number of fused-ring (bicyclic) bond motifs is 1. The lowest BCUT2D eigenvalue weighted by Crippen LogP contribution is -2.37. The zero-order valence-corrected chi connectivity index (χ0v) is 17.1. The van der Waals surface area contributed by atoms with E-state index in [-0.39, 0.29) is 17.9 Å². The van der Waals surface area contributed by atoms with Gasteiger partial charge in [-0.05, 0) is 60.3 Å². The second-order valence-corrected chi connectivity index (χ2v) is 8.58. The Labute approximate surface area is 177 Å². The second kappa shape index (κ2) is 6.99. The third kappa shape index (κ3) is 2.95. The Hall–Kier alpha value is -2.67. The molecule has 2 amide bonds. The Bertz CT molecular complexity index is 1080. The molecule has 0 spiro atoms. The zero-order chi connectivity index (χ0) is 20.1. The number of rotatable bonds is 3. The van der Waals surface area contributed by atoms with Crippen LogP contribution in [0.3, 0.4) is 0 Å². The molecule has 3 aromatic rings. The number of hydrogen-bond donors (Lipinski definition) is 0. The summed E-state index contributed by atoms with van der Waals surface area (Å²) in [5, 5.41) is 4.25. The van der Waals surface area contributed by atoms with E-state index in [2.05, 4.69) is 0 Å². The molecule has 2 fully saturated rings. The first-order valence-electron chi connectivity index (χ1n) is 9.24. The smallest absolute Gasteiger partial charge is 0.266 e. The van der Waals surface area contributed by atoms with Gasteiger partial charge in [-0.25, -0.2) is 9.96 Å². The molecule has 7 heteroatoms. The highest BCUT2D eigenvalue weighted by Crippen LogP contribution is 2.48. The minimum absolute atomic E-state index is 0.236. The van der Waals surface area contributed by atoms with E-state index < -0.39 is 12.0 Å². The van der Waals surface area contributed by atoms with Crippen molar-refractivity contribution in [1.82, 2.24) is 0 Å². The number of aryl methyl sites for hydroxylation is 1. The van der Waals surface area contributed by atoms with Gasteiger partial charge in [0.05, 0.1) is 11.4 Å². The summed E-state index contributed by atoms with van der Waals surface area (Å²) in [6, 6.07) is 18.1. The van der Waals surface area contributed by atoms with E-state index in [0.717, 1.165) is 16.1 Å². The number of nitrogens with zero attached hydrogens (tertiary/aromatic N) is 2. The van der Waals surface area contributed by atoms with Crippen molar-refractivity contribution in [2.45, 2.75) is 19.1 Å². The van der Waals surface area contributed by atoms with Gasteiger partial charge < -0.3 is 0 Å². The van der Waals surface area contributed by atoms with Crippen LogP contribution in [0.2, 0.25) is 5.02 Å². The summed E-state index contributed by atoms with van der Waals surface area (Å²) in [5.74, 6) is -1.18. The molecule has 2 aliphatic heterocycles. The lowest BCUT2D eigenvalue weighted by atomic mass is 9.95. The summed E-state index contributed by atoms with van der Waals surface area (Å²) in [4.78, 5) is 35.0. The van der Waals surface area contributed by atoms with Crippen LogP contribution in [-0.4, -0.2) is 17.9 Å². The minimum Gasteiger partial charge on any atom is -0.273 e. The van der Waals surface area contributed by atoms with Gasteiger partial charge in [-0.1, -0.05) is 29.8 Å². The quantitative estimate of drug-likeness (QED) is 0.569. The Kier molecular flexibility index (Phi) is 4.42. The van der Waals surface area contributed by atoms with Gasteiger partial charge in [-0.15, -0.1) is 11.3 Å². The second-order valence-electron chi connectivity index (χ2n) is 7.17. The normalized spacial score (nSPS) is 23.7. The largest absolute Gasteiger partial charge is 0.273 e. The number of halogens is 1. The summed E-state index contributed by atoms with van der Waals surface area (Å²) >= 11 is 7.57. The predicted molar refractivity (Wildman–Crippen MR) is 113 cm³/mol. The monoisotopic (exact) mass is 424 g/mol. The SMILES string of the molecule is Cc1cccc(N2C(=O)[C@@H]3[C@H](ON(c4ccc(Cl)cc4)[C@H]3c3cccs3)C2=O)c1. The first-order valence-corrected chi connectivity index (χ1v) is 10.5. The van der Waals surface area contributed by atoms with E-state index in [1.54, 1.807) is 34.6 Å². The molecular formula is C22H17ClN2O3S. The number of carbonyl (C=O) groups excluding carboxylic acids is 2. The molecule has 0 bridgehead atoms. The van der Waals surface area contributed by atoms with Crippen LogP contribution in [0.25, 0.3) is 0 Å². The van der Waals surface area contributed by atoms with Crippen molar-refractivity contribution >= 4 is 46.1 Å². The highest BCUT2D eigenvalue weighted by molar-refractivity contribution is 7.10. The molecular weight excluding hydrogens is 408 g/mol. The molecule has 2 aromatic carbocycles. The fourth-order valence-electron chi connectivity index (χ4n) is 4.00. The van der Waals surface area contributed by atoms with Crippen molar-refractivity contribution in [2.75, 3.05) is 9.96 Å². The van der Waals surface area contributed by atoms with Crippen LogP contribution in [0.5, 0.6) is 0 Å². The Morgan fingerprint density at radius 3 is 2.45 bits per heavy atom. The fraction of sp³-hybridized carbons (Fsp3) is 0.182. The van der Waals surface area contributed by atoms with E-state index >= 15 is 0 Å². The lowest BCUT2D eigenvalue weighted by Gasteiger charge is -2.28. The minimum atomic E-state index is -0.856. The molecule has 0 radical (unpaired) electrons. The topological polar surface area (TPSA) is 49.9 Å². The van der Waals surface area contributed by atoms with Gasteiger partial charge in [0.25, 0.3) is 5.91 Å². The van der Waals surface area contributed by atoms with Crippen LogP contribution >= 0.6 is 22.9 Å². The lowest BCUT2D eigenvalue weighted by molar-refractivity contribution is -0.126. The number of amides is 2. The van der Waals surface area contributed by atoms with Crippen LogP contribution in [0.1, 0.15) is 16.5 Å². The first-order chi connectivity index (χ1) is 14.0. The van der Waals surface area contributed by atoms with Gasteiger partial charge in [-0.2, -0.15) is 0 Å². The molecule has 2 saturated heterocycles. The van der Waals surface area contributed by atoms with Crippen molar-refractivity contribution in [3.63, 3.8) is 0 Å². The maximum absolute atomic E-state index is 13.4. The number of carbonyl (C=O) groups is 2. The van der Waals surface area contributed by atoms with Gasteiger partial charge in [-0.3, -0.25) is 14.4 Å². The molecule has 0 saturated carbocycles. The van der Waals surface area contributed by atoms with E-state index in [1.165, 1.54) is 4.90 Å². The van der Waals surface area contributed by atoms with Gasteiger partial charge in [0.15, 0.2) is 6.10 Å². The number of imide groups is 1. The van der Waals surface area contributed by atoms with Crippen LogP contribution < -0.4 is 9.96 Å². The molecule has 0 N–H and O–H groups in total. The summed E-state index contributed by atoms with van der Waals surface area (Å²) in [6.45, 7) is 1.93. The standard InChI is InChI=1S/C22H17ClN2O3S/c1-13-4-2-5-16(12-13)24-21(26)18-19(17-6-3-11-29-17)25(28-20(18)22(24)27)15-9-7-14(23)8-10-15/h2-12,18-20H,1H3/t18-,19-,20-/m0/s1. The summed E-state index contributed by atoms with van der Waals surface area (Å²) in [6.07, 6.45) is -0.856. The highest BCUT2D eigenvalue weighted by Gasteiger charge is 2.60. The molecule has 3 atom stereocenters. The number of hydroxylamine groups is 1. The third-order valence-corrected chi connectivity index (χ3v) is 6.49. The summed E-state index contributed by atoms with van der Waals surface area (Å²) < 4.78 is 0. The summed E-state index contributed by atoms with van der Waals surface area (Å²) in [5.41, 5.74) is 2.32. The number of thiophene rings is 1. The van der Waals surface area contributed by atoms with Crippen molar-refractivity contribution < 1.29 is 14.4 Å². The first kappa shape index (κ1) is 18.4. The number of anilines is 2. The zero-order valence-electron chi connectivity index (χ0n) is 15.5. The van der Waals surface area contributed by atoms with Crippen LogP contribution in [0, 0.1) is 12.8 Å². The molecule has 0 unspecified atom stereocenters. The molecule has 3 heterocycles. The van der Waals surface area contributed by atoms with Crippen LogP contribution in [0.4, 0.5) is 11.4 Å². The number of hydrogen-bond acceptors (Lipinski definition) is 5. The molecule has 1 aromatic heterocycles. The van der Waals surface area contributed by atoms with Crippen molar-refractivity contribution in [3.8, 4) is 0 Å². The Balaban J connectivity index is 1.57. The van der Waals surface area contributed by atoms with Gasteiger partial charge >= 0.3 is 0 Å². The van der Waals surface area contributed by atoms with E-state index in [1.807, 2.05) is 54.8 Å². The maximum atomic E-state index is 13.4. The Morgan fingerprint density at radius 2 is 1.76 bits per heavy atom. The molecule has 29 heavy (non-hydrogen) atoms. The van der Waals surface area contributed by atoms with E-state index in [9.17, 15) is 9.59 Å². The van der Waals surface area contributed by atoms with E-state index in [0.29, 0.717) is 10.7 Å². The average Bonchev–Trinajstić information content (AvgIpc) is 3.40. The van der Waals surface area contributed by atoms with Crippen LogP contribution in [0.15, 0.2) is 66.0 Å². The summed E-state index contributed by atoms with van der Waals surface area (Å²) in [7, 11) is 0. The van der Waals surface area contributed by atoms with Gasteiger partial charge in [0.1, 0.15) is 12.0 Å². The highest BCUT2D eigenvalue weighted by atomic mass is 35.5. The van der Waals surface area contributed by atoms with Gasteiger partial charge in [0.2, 0.25) is 5.91 Å². The third-order valence-electron chi connectivity index (χ3n) is 5.29. The van der Waals surface area contributed by atoms with Crippen molar-refractivity contribution in [1.29, 1.82) is 0 Å². The van der Waals surface area contributed by atoms with Crippen molar-refractivity contribution in [2.24, 2.45) is 5.92 Å². The average molecular weight is 425 g/mol. The van der Waals surface area contributed by atoms with Crippen LogP contribution in [-0.2, 0) is 14.4 Å². The van der Waals surface area contributed by atoms with Crippen molar-refractivity contribution in [3.05, 3.63) is 81.5 Å². The molecule has 2 aliphatic rings.